The van der Waals surface area contributed by atoms with Gasteiger partial charge >= 0.3 is 0 Å². The Bertz CT molecular complexity index is 1040. The van der Waals surface area contributed by atoms with E-state index in [9.17, 15) is 4.79 Å². The lowest BCUT2D eigenvalue weighted by Crippen LogP contribution is -2.21. The Kier molecular flexibility index (Phi) is 5.71. The van der Waals surface area contributed by atoms with Crippen molar-refractivity contribution in [1.29, 1.82) is 0 Å². The third-order valence-electron chi connectivity index (χ3n) is 3.95. The lowest BCUT2D eigenvalue weighted by molar-refractivity contribution is 0.0948. The van der Waals surface area contributed by atoms with Crippen LogP contribution in [0.5, 0.6) is 11.5 Å². The predicted octanol–water partition coefficient (Wildman–Crippen LogP) is 1.14. The molecule has 0 atom stereocenters. The molecule has 0 saturated heterocycles. The molecule has 2 aromatic heterocycles. The maximum absolute atomic E-state index is 12.6. The predicted molar refractivity (Wildman–Crippen MR) is 102 cm³/mol. The number of hydrazone groups is 1. The molecule has 12 heteroatoms. The highest BCUT2D eigenvalue weighted by atomic mass is 16.6. The van der Waals surface area contributed by atoms with Crippen molar-refractivity contribution in [3.8, 4) is 17.3 Å². The molecule has 0 unspecified atom stereocenters. The average molecular weight is 400 g/mol. The maximum Gasteiger partial charge on any atom is 0.293 e. The SMILES string of the molecule is COc1ccc(/C=N\NC(=O)c2nnn(-c3nonc3N)c2C(C)C)cc1OC. The zero-order valence-electron chi connectivity index (χ0n) is 16.3. The number of anilines is 1. The monoisotopic (exact) mass is 400 g/mol. The molecule has 29 heavy (non-hydrogen) atoms. The normalized spacial score (nSPS) is 11.2. The van der Waals surface area contributed by atoms with E-state index in [2.05, 4.69) is 35.8 Å². The van der Waals surface area contributed by atoms with Gasteiger partial charge in [-0.05, 0) is 40.0 Å². The van der Waals surface area contributed by atoms with Gasteiger partial charge in [0.15, 0.2) is 17.2 Å². The third kappa shape index (κ3) is 4.00. The number of hydrogen-bond acceptors (Lipinski definition) is 10. The first-order valence-corrected chi connectivity index (χ1v) is 8.55. The summed E-state index contributed by atoms with van der Waals surface area (Å²) >= 11 is 0. The van der Waals surface area contributed by atoms with Crippen LogP contribution in [0, 0.1) is 0 Å². The molecular weight excluding hydrogens is 380 g/mol. The molecule has 0 fully saturated rings. The molecular formula is C17H20N8O4. The van der Waals surface area contributed by atoms with E-state index in [4.69, 9.17) is 15.2 Å². The topological polar surface area (TPSA) is 156 Å². The number of hydrogen-bond donors (Lipinski definition) is 2. The van der Waals surface area contributed by atoms with Gasteiger partial charge in [0, 0.05) is 0 Å². The van der Waals surface area contributed by atoms with E-state index < -0.39 is 5.91 Å². The molecule has 1 amide bonds. The summed E-state index contributed by atoms with van der Waals surface area (Å²) < 4.78 is 16.3. The molecule has 0 saturated carbocycles. The van der Waals surface area contributed by atoms with Crippen LogP contribution in [0.3, 0.4) is 0 Å². The summed E-state index contributed by atoms with van der Waals surface area (Å²) in [4.78, 5) is 12.6. The van der Waals surface area contributed by atoms with Gasteiger partial charge in [0.25, 0.3) is 5.91 Å². The number of nitrogen functional groups attached to an aromatic ring is 1. The first kappa shape index (κ1) is 19.8. The molecule has 152 valence electrons. The van der Waals surface area contributed by atoms with E-state index in [0.717, 1.165) is 0 Å². The van der Waals surface area contributed by atoms with Gasteiger partial charge in [-0.1, -0.05) is 19.1 Å². The van der Waals surface area contributed by atoms with Crippen LogP contribution in [0.1, 0.15) is 41.5 Å². The van der Waals surface area contributed by atoms with Crippen LogP contribution >= 0.6 is 0 Å². The van der Waals surface area contributed by atoms with Gasteiger partial charge in [0.05, 0.1) is 26.1 Å². The van der Waals surface area contributed by atoms with Crippen LogP contribution in [0.25, 0.3) is 5.82 Å². The number of amides is 1. The fourth-order valence-corrected chi connectivity index (χ4v) is 2.61. The molecule has 0 aliphatic heterocycles. The molecule has 3 N–H and O–H groups in total. The number of aromatic nitrogens is 5. The fraction of sp³-hybridized carbons (Fsp3) is 0.294. The van der Waals surface area contributed by atoms with Crippen LogP contribution in [-0.4, -0.2) is 51.6 Å². The van der Waals surface area contributed by atoms with Gasteiger partial charge in [0.1, 0.15) is 0 Å². The lowest BCUT2D eigenvalue weighted by atomic mass is 10.1. The van der Waals surface area contributed by atoms with Crippen LogP contribution in [0.4, 0.5) is 5.82 Å². The van der Waals surface area contributed by atoms with Gasteiger partial charge in [-0.3, -0.25) is 4.79 Å². The summed E-state index contributed by atoms with van der Waals surface area (Å²) in [5, 5.41) is 19.1. The fourth-order valence-electron chi connectivity index (χ4n) is 2.61. The minimum atomic E-state index is -0.535. The summed E-state index contributed by atoms with van der Waals surface area (Å²) in [7, 11) is 3.09. The third-order valence-corrected chi connectivity index (χ3v) is 3.95. The highest BCUT2D eigenvalue weighted by Crippen LogP contribution is 2.27. The summed E-state index contributed by atoms with van der Waals surface area (Å²) in [6.45, 7) is 3.76. The van der Waals surface area contributed by atoms with Crippen molar-refractivity contribution in [2.75, 3.05) is 20.0 Å². The number of ether oxygens (including phenoxy) is 2. The minimum Gasteiger partial charge on any atom is -0.493 e. The first-order chi connectivity index (χ1) is 14.0. The number of nitrogens with zero attached hydrogens (tertiary/aromatic N) is 6. The van der Waals surface area contributed by atoms with Gasteiger partial charge in [-0.2, -0.15) is 9.78 Å². The van der Waals surface area contributed by atoms with Crippen molar-refractivity contribution >= 4 is 17.9 Å². The Morgan fingerprint density at radius 2 is 2.03 bits per heavy atom. The van der Waals surface area contributed by atoms with Gasteiger partial charge in [-0.15, -0.1) is 5.10 Å². The molecule has 3 rings (SSSR count). The second kappa shape index (κ2) is 8.37. The molecule has 0 aliphatic carbocycles. The van der Waals surface area contributed by atoms with Crippen molar-refractivity contribution in [2.24, 2.45) is 5.10 Å². The zero-order valence-corrected chi connectivity index (χ0v) is 16.3. The van der Waals surface area contributed by atoms with Crippen LogP contribution in [0.15, 0.2) is 27.9 Å². The van der Waals surface area contributed by atoms with Gasteiger partial charge < -0.3 is 15.2 Å². The quantitative estimate of drug-likeness (QED) is 0.438. The van der Waals surface area contributed by atoms with Gasteiger partial charge in [0.2, 0.25) is 11.6 Å². The van der Waals surface area contributed by atoms with E-state index in [1.54, 1.807) is 25.3 Å². The molecule has 0 bridgehead atoms. The van der Waals surface area contributed by atoms with Crippen molar-refractivity contribution in [3.05, 3.63) is 35.2 Å². The average Bonchev–Trinajstić information content (AvgIpc) is 3.33. The van der Waals surface area contributed by atoms with E-state index in [1.807, 2.05) is 13.8 Å². The molecule has 12 nitrogen and oxygen atoms in total. The number of nitrogens with one attached hydrogen (secondary N) is 1. The van der Waals surface area contributed by atoms with Crippen LogP contribution in [-0.2, 0) is 0 Å². The number of nitrogens with two attached hydrogens (primary N) is 1. The number of rotatable bonds is 7. The highest BCUT2D eigenvalue weighted by Gasteiger charge is 2.25. The Labute approximate surface area is 165 Å². The lowest BCUT2D eigenvalue weighted by Gasteiger charge is -2.08. The van der Waals surface area contributed by atoms with E-state index in [0.29, 0.717) is 22.8 Å². The Morgan fingerprint density at radius 3 is 2.66 bits per heavy atom. The number of benzene rings is 1. The Hall–Kier alpha value is -3.96. The van der Waals surface area contributed by atoms with E-state index in [1.165, 1.54) is 18.0 Å². The maximum atomic E-state index is 12.6. The molecule has 2 heterocycles. The van der Waals surface area contributed by atoms with E-state index >= 15 is 0 Å². The zero-order chi connectivity index (χ0) is 21.0. The smallest absolute Gasteiger partial charge is 0.293 e. The second-order valence-electron chi connectivity index (χ2n) is 6.18. The molecule has 0 spiro atoms. The van der Waals surface area contributed by atoms with Crippen molar-refractivity contribution in [2.45, 2.75) is 19.8 Å². The highest BCUT2D eigenvalue weighted by molar-refractivity contribution is 5.94. The van der Waals surface area contributed by atoms with Crippen LogP contribution < -0.4 is 20.6 Å². The standard InChI is InChI=1S/C17H20N8O4/c1-9(2)14-13(20-24-25(14)16-15(18)22-29-23-16)17(26)21-19-8-10-5-6-11(27-3)12(7-10)28-4/h5-9H,1-4H3,(H2,18,22)(H,21,26)/b19-8-. The largest absolute Gasteiger partial charge is 0.493 e. The van der Waals surface area contributed by atoms with Crippen molar-refractivity contribution < 1.29 is 18.9 Å². The van der Waals surface area contributed by atoms with E-state index in [-0.39, 0.29) is 23.2 Å². The second-order valence-corrected chi connectivity index (χ2v) is 6.18. The first-order valence-electron chi connectivity index (χ1n) is 8.55. The Balaban J connectivity index is 1.80. The number of methoxy groups -OCH3 is 2. The molecule has 3 aromatic rings. The van der Waals surface area contributed by atoms with Gasteiger partial charge in [-0.25, -0.2) is 10.1 Å². The summed E-state index contributed by atoms with van der Waals surface area (Å²) in [5.41, 5.74) is 9.44. The minimum absolute atomic E-state index is 0.0373. The summed E-state index contributed by atoms with van der Waals surface area (Å²) in [6, 6.07) is 5.23. The Morgan fingerprint density at radius 1 is 1.28 bits per heavy atom. The van der Waals surface area contributed by atoms with Crippen LogP contribution in [0.2, 0.25) is 0 Å². The molecule has 0 aliphatic rings. The number of carbonyl (C=O) groups is 1. The summed E-state index contributed by atoms with van der Waals surface area (Å²) in [6.07, 6.45) is 1.47. The molecule has 1 aromatic carbocycles. The number of carbonyl (C=O) groups excluding carboxylic acids is 1. The summed E-state index contributed by atoms with van der Waals surface area (Å²) in [5.74, 6) is 0.688. The van der Waals surface area contributed by atoms with Crippen molar-refractivity contribution in [3.63, 3.8) is 0 Å². The molecule has 0 radical (unpaired) electrons. The van der Waals surface area contributed by atoms with Crippen molar-refractivity contribution in [1.82, 2.24) is 30.7 Å².